The van der Waals surface area contributed by atoms with E-state index in [0.717, 1.165) is 6.07 Å². The third-order valence-electron chi connectivity index (χ3n) is 1.74. The van der Waals surface area contributed by atoms with Gasteiger partial charge in [0, 0.05) is 0 Å². The van der Waals surface area contributed by atoms with E-state index in [1.807, 2.05) is 0 Å². The van der Waals surface area contributed by atoms with E-state index in [2.05, 4.69) is 0 Å². The van der Waals surface area contributed by atoms with Crippen LogP contribution in [-0.2, 0) is 14.6 Å². The Labute approximate surface area is 105 Å². The monoisotopic (exact) mass is 305 g/mol. The van der Waals surface area contributed by atoms with Crippen molar-refractivity contribution in [1.29, 1.82) is 0 Å². The summed E-state index contributed by atoms with van der Waals surface area (Å²) in [7, 11) is -4.15. The van der Waals surface area contributed by atoms with Crippen LogP contribution in [0.15, 0.2) is 10.3 Å². The molecule has 0 saturated carbocycles. The van der Waals surface area contributed by atoms with Crippen molar-refractivity contribution in [2.75, 3.05) is 6.67 Å². The number of halogens is 3. The van der Waals surface area contributed by atoms with Gasteiger partial charge in [-0.15, -0.1) is 11.3 Å². The Bertz CT molecular complexity index is 494. The van der Waals surface area contributed by atoms with Gasteiger partial charge in [-0.3, -0.25) is 4.79 Å². The number of carbonyl (C=O) groups is 1. The third kappa shape index (κ3) is 2.48. The molecule has 90 valence electrons. The summed E-state index contributed by atoms with van der Waals surface area (Å²) in [5, 5.41) is -1.87. The fraction of sp³-hybridized carbons (Fsp3) is 0.286. The Hall–Kier alpha value is -0.370. The first-order valence-electron chi connectivity index (χ1n) is 3.84. The molecule has 0 aromatic carbocycles. The molecule has 4 nitrogen and oxygen atoms in total. The molecule has 1 heterocycles. The number of sulfone groups is 1. The van der Waals surface area contributed by atoms with Crippen LogP contribution in [0.2, 0.25) is 9.36 Å². The average Bonchev–Trinajstić information content (AvgIpc) is 2.47. The zero-order valence-corrected chi connectivity index (χ0v) is 10.8. The van der Waals surface area contributed by atoms with E-state index >= 15 is 0 Å². The van der Waals surface area contributed by atoms with E-state index < -0.39 is 27.7 Å². The van der Waals surface area contributed by atoms with Crippen LogP contribution in [0, 0.1) is 0 Å². The standard InChI is InChI=1S/C7H6Cl2FNO3S2/c8-3-1-5(15-6(3)9)16(13,14)4(2-10)7(11)12/h1,4H,2H2,(H2,11,12). The Balaban J connectivity index is 3.25. The van der Waals surface area contributed by atoms with Gasteiger partial charge in [0.25, 0.3) is 0 Å². The number of hydrogen-bond donors (Lipinski definition) is 1. The molecule has 0 aliphatic carbocycles. The molecule has 0 spiro atoms. The van der Waals surface area contributed by atoms with Crippen LogP contribution in [0.25, 0.3) is 0 Å². The minimum absolute atomic E-state index is 0.0346. The molecule has 1 unspecified atom stereocenters. The van der Waals surface area contributed by atoms with Gasteiger partial charge in [0.2, 0.25) is 15.7 Å². The van der Waals surface area contributed by atoms with Gasteiger partial charge < -0.3 is 5.73 Å². The number of nitrogens with two attached hydrogens (primary N) is 1. The second kappa shape index (κ2) is 4.87. The van der Waals surface area contributed by atoms with Crippen LogP contribution in [0.5, 0.6) is 0 Å². The molecule has 1 atom stereocenters. The maximum Gasteiger partial charge on any atom is 0.238 e. The number of hydrogen-bond acceptors (Lipinski definition) is 4. The first kappa shape index (κ1) is 13.7. The molecule has 1 aromatic rings. The van der Waals surface area contributed by atoms with Crippen LogP contribution in [0.3, 0.4) is 0 Å². The van der Waals surface area contributed by atoms with E-state index in [9.17, 15) is 17.6 Å². The molecule has 0 radical (unpaired) electrons. The molecule has 0 bridgehead atoms. The van der Waals surface area contributed by atoms with E-state index in [0.29, 0.717) is 11.3 Å². The first-order chi connectivity index (χ1) is 7.30. The largest absolute Gasteiger partial charge is 0.368 e. The fourth-order valence-corrected chi connectivity index (χ4v) is 4.32. The topological polar surface area (TPSA) is 77.2 Å². The van der Waals surface area contributed by atoms with Gasteiger partial charge in [-0.1, -0.05) is 23.2 Å². The maximum absolute atomic E-state index is 12.5. The normalized spacial score (nSPS) is 13.7. The highest BCUT2D eigenvalue weighted by Gasteiger charge is 2.34. The third-order valence-corrected chi connectivity index (χ3v) is 6.13. The molecule has 1 aromatic heterocycles. The summed E-state index contributed by atoms with van der Waals surface area (Å²) in [6, 6.07) is 1.06. The quantitative estimate of drug-likeness (QED) is 0.919. The molecule has 16 heavy (non-hydrogen) atoms. The molecule has 9 heteroatoms. The number of amides is 1. The van der Waals surface area contributed by atoms with Gasteiger partial charge in [0.05, 0.1) is 5.02 Å². The number of alkyl halides is 1. The van der Waals surface area contributed by atoms with Crippen LogP contribution >= 0.6 is 34.5 Å². The van der Waals surface area contributed by atoms with Crippen molar-refractivity contribution in [3.63, 3.8) is 0 Å². The molecule has 0 aliphatic heterocycles. The second-order valence-electron chi connectivity index (χ2n) is 2.78. The van der Waals surface area contributed by atoms with Crippen molar-refractivity contribution in [1.82, 2.24) is 0 Å². The highest BCUT2D eigenvalue weighted by atomic mass is 35.5. The van der Waals surface area contributed by atoms with Gasteiger partial charge >= 0.3 is 0 Å². The number of rotatable bonds is 4. The smallest absolute Gasteiger partial charge is 0.238 e. The Morgan fingerprint density at radius 1 is 1.56 bits per heavy atom. The second-order valence-corrected chi connectivity index (χ2v) is 7.20. The lowest BCUT2D eigenvalue weighted by molar-refractivity contribution is -0.117. The van der Waals surface area contributed by atoms with Crippen LogP contribution in [-0.4, -0.2) is 26.2 Å². The minimum atomic E-state index is -4.15. The Kier molecular flexibility index (Phi) is 4.17. The molecule has 0 aliphatic rings. The van der Waals surface area contributed by atoms with Crippen molar-refractivity contribution < 1.29 is 17.6 Å². The van der Waals surface area contributed by atoms with Gasteiger partial charge in [-0.2, -0.15) is 0 Å². The fourth-order valence-electron chi connectivity index (χ4n) is 0.919. The first-order valence-corrected chi connectivity index (χ1v) is 6.96. The Morgan fingerprint density at radius 2 is 2.12 bits per heavy atom. The summed E-state index contributed by atoms with van der Waals surface area (Å²) in [5.41, 5.74) is 4.80. The zero-order chi connectivity index (χ0) is 12.5. The Morgan fingerprint density at radius 3 is 2.44 bits per heavy atom. The van der Waals surface area contributed by atoms with Crippen LogP contribution < -0.4 is 5.73 Å². The van der Waals surface area contributed by atoms with Gasteiger partial charge in [0.1, 0.15) is 15.2 Å². The average molecular weight is 306 g/mol. The van der Waals surface area contributed by atoms with E-state index in [-0.39, 0.29) is 13.6 Å². The van der Waals surface area contributed by atoms with Gasteiger partial charge in [-0.25, -0.2) is 12.8 Å². The predicted octanol–water partition coefficient (Wildman–Crippen LogP) is 1.65. The van der Waals surface area contributed by atoms with E-state index in [1.165, 1.54) is 0 Å². The van der Waals surface area contributed by atoms with Gasteiger partial charge in [-0.05, 0) is 6.07 Å². The SMILES string of the molecule is NC(=O)C(CF)S(=O)(=O)c1cc(Cl)c(Cl)s1. The summed E-state index contributed by atoms with van der Waals surface area (Å²) in [6.07, 6.45) is 0. The maximum atomic E-state index is 12.5. The van der Waals surface area contributed by atoms with Crippen LogP contribution in [0.4, 0.5) is 4.39 Å². The number of thiophene rings is 1. The summed E-state index contributed by atoms with van der Waals surface area (Å²) in [4.78, 5) is 10.8. The summed E-state index contributed by atoms with van der Waals surface area (Å²) in [6.45, 7) is -1.38. The lowest BCUT2D eigenvalue weighted by Gasteiger charge is -2.08. The van der Waals surface area contributed by atoms with E-state index in [4.69, 9.17) is 28.9 Å². The molecule has 1 amide bonds. The van der Waals surface area contributed by atoms with Crippen molar-refractivity contribution in [3.8, 4) is 0 Å². The number of carbonyl (C=O) groups excluding carboxylic acids is 1. The van der Waals surface area contributed by atoms with Crippen molar-refractivity contribution in [2.45, 2.75) is 9.46 Å². The molecular weight excluding hydrogens is 300 g/mol. The van der Waals surface area contributed by atoms with E-state index in [1.54, 1.807) is 0 Å². The summed E-state index contributed by atoms with van der Waals surface area (Å²) >= 11 is 11.8. The minimum Gasteiger partial charge on any atom is -0.368 e. The molecule has 2 N–H and O–H groups in total. The predicted molar refractivity (Wildman–Crippen MR) is 60.5 cm³/mol. The van der Waals surface area contributed by atoms with Crippen LogP contribution in [0.1, 0.15) is 0 Å². The molecule has 1 rings (SSSR count). The lowest BCUT2D eigenvalue weighted by Crippen LogP contribution is -2.37. The molecule has 0 saturated heterocycles. The highest BCUT2D eigenvalue weighted by Crippen LogP contribution is 2.35. The van der Waals surface area contributed by atoms with Crippen molar-refractivity contribution >= 4 is 50.3 Å². The van der Waals surface area contributed by atoms with Crippen molar-refractivity contribution in [3.05, 3.63) is 15.4 Å². The zero-order valence-electron chi connectivity index (χ0n) is 7.61. The molecule has 0 fully saturated rings. The van der Waals surface area contributed by atoms with Gasteiger partial charge in [0.15, 0.2) is 5.25 Å². The number of primary amides is 1. The van der Waals surface area contributed by atoms with Crippen molar-refractivity contribution in [2.24, 2.45) is 5.73 Å². The summed E-state index contributed by atoms with van der Waals surface area (Å²) in [5.74, 6) is -1.25. The molecular formula is C7H6Cl2FNO3S2. The lowest BCUT2D eigenvalue weighted by atomic mass is 10.4. The summed E-state index contributed by atoms with van der Waals surface area (Å²) < 4.78 is 35.7. The highest BCUT2D eigenvalue weighted by molar-refractivity contribution is 7.94.